The molecule has 1 saturated heterocycles. The molecular weight excluding hydrogens is 334 g/mol. The zero-order chi connectivity index (χ0) is 18.1. The SMILES string of the molecule is Cc1noc(C)c1-c1cnc(C[C@@H]2CCN(C(=O)c3ccno3)C2)cn1. The third kappa shape index (κ3) is 3.10. The zero-order valence-corrected chi connectivity index (χ0v) is 14.7. The minimum Gasteiger partial charge on any atom is -0.361 e. The number of likely N-dealkylation sites (tertiary alicyclic amines) is 1. The predicted molar refractivity (Wildman–Crippen MR) is 91.2 cm³/mol. The molecule has 0 bridgehead atoms. The highest BCUT2D eigenvalue weighted by Crippen LogP contribution is 2.25. The van der Waals surface area contributed by atoms with Crippen LogP contribution in [0.2, 0.25) is 0 Å². The summed E-state index contributed by atoms with van der Waals surface area (Å²) >= 11 is 0. The van der Waals surface area contributed by atoms with Crippen LogP contribution in [0.3, 0.4) is 0 Å². The molecule has 0 N–H and O–H groups in total. The summed E-state index contributed by atoms with van der Waals surface area (Å²) in [5.74, 6) is 1.28. The van der Waals surface area contributed by atoms with Crippen LogP contribution in [0.15, 0.2) is 33.7 Å². The lowest BCUT2D eigenvalue weighted by molar-refractivity contribution is 0.0745. The molecule has 4 heterocycles. The summed E-state index contributed by atoms with van der Waals surface area (Å²) in [7, 11) is 0. The Kier molecular flexibility index (Phi) is 4.24. The normalized spacial score (nSPS) is 17.0. The van der Waals surface area contributed by atoms with Gasteiger partial charge < -0.3 is 13.9 Å². The Morgan fingerprint density at radius 2 is 2.15 bits per heavy atom. The van der Waals surface area contributed by atoms with E-state index in [-0.39, 0.29) is 11.7 Å². The van der Waals surface area contributed by atoms with Crippen molar-refractivity contribution in [2.45, 2.75) is 26.7 Å². The molecule has 0 radical (unpaired) electrons. The quantitative estimate of drug-likeness (QED) is 0.710. The van der Waals surface area contributed by atoms with Gasteiger partial charge in [-0.15, -0.1) is 0 Å². The Labute approximate surface area is 150 Å². The molecule has 0 unspecified atom stereocenters. The van der Waals surface area contributed by atoms with E-state index in [1.807, 2.05) is 13.8 Å². The maximum absolute atomic E-state index is 12.3. The Morgan fingerprint density at radius 3 is 2.81 bits per heavy atom. The van der Waals surface area contributed by atoms with Crippen LogP contribution < -0.4 is 0 Å². The molecule has 8 nitrogen and oxygen atoms in total. The van der Waals surface area contributed by atoms with E-state index in [0.29, 0.717) is 12.5 Å². The molecule has 3 aromatic rings. The molecule has 0 saturated carbocycles. The zero-order valence-electron chi connectivity index (χ0n) is 14.7. The van der Waals surface area contributed by atoms with Crippen LogP contribution in [0.5, 0.6) is 0 Å². The van der Waals surface area contributed by atoms with Crippen molar-refractivity contribution in [2.24, 2.45) is 5.92 Å². The topological polar surface area (TPSA) is 98.2 Å². The van der Waals surface area contributed by atoms with E-state index >= 15 is 0 Å². The minimum absolute atomic E-state index is 0.107. The number of aromatic nitrogens is 4. The van der Waals surface area contributed by atoms with E-state index in [1.54, 1.807) is 23.4 Å². The smallest absolute Gasteiger partial charge is 0.292 e. The van der Waals surface area contributed by atoms with Crippen molar-refractivity contribution in [3.05, 3.63) is 47.6 Å². The fourth-order valence-electron chi connectivity index (χ4n) is 3.40. The number of aryl methyl sites for hydroxylation is 2. The summed E-state index contributed by atoms with van der Waals surface area (Å²) in [5, 5.41) is 7.54. The van der Waals surface area contributed by atoms with Crippen LogP contribution in [0.4, 0.5) is 0 Å². The first-order chi connectivity index (χ1) is 12.6. The molecule has 0 aliphatic carbocycles. The van der Waals surface area contributed by atoms with Gasteiger partial charge in [-0.3, -0.25) is 14.8 Å². The van der Waals surface area contributed by atoms with Gasteiger partial charge in [0.05, 0.1) is 35.0 Å². The fourth-order valence-corrected chi connectivity index (χ4v) is 3.40. The van der Waals surface area contributed by atoms with Crippen molar-refractivity contribution in [1.29, 1.82) is 0 Å². The average molecular weight is 353 g/mol. The lowest BCUT2D eigenvalue weighted by Crippen LogP contribution is -2.28. The molecule has 1 aliphatic heterocycles. The summed E-state index contributed by atoms with van der Waals surface area (Å²) in [5.41, 5.74) is 3.38. The van der Waals surface area contributed by atoms with Gasteiger partial charge in [0.1, 0.15) is 5.76 Å². The Morgan fingerprint density at radius 1 is 1.27 bits per heavy atom. The minimum atomic E-state index is -0.107. The predicted octanol–water partition coefficient (Wildman–Crippen LogP) is 2.44. The number of hydrogen-bond acceptors (Lipinski definition) is 7. The maximum Gasteiger partial charge on any atom is 0.292 e. The first kappa shape index (κ1) is 16.4. The van der Waals surface area contributed by atoms with Crippen LogP contribution >= 0.6 is 0 Å². The first-order valence-electron chi connectivity index (χ1n) is 8.56. The highest BCUT2D eigenvalue weighted by Gasteiger charge is 2.29. The van der Waals surface area contributed by atoms with Gasteiger partial charge in [0.25, 0.3) is 5.91 Å². The highest BCUT2D eigenvalue weighted by atomic mass is 16.5. The van der Waals surface area contributed by atoms with Gasteiger partial charge in [0.2, 0.25) is 5.76 Å². The second-order valence-electron chi connectivity index (χ2n) is 6.58. The lowest BCUT2D eigenvalue weighted by Gasteiger charge is -2.14. The summed E-state index contributed by atoms with van der Waals surface area (Å²) < 4.78 is 10.1. The lowest BCUT2D eigenvalue weighted by atomic mass is 10.0. The second-order valence-corrected chi connectivity index (χ2v) is 6.58. The standard InChI is InChI=1S/C18H19N5O3/c1-11-17(12(2)25-22-11)15-9-19-14(8-20-15)7-13-4-6-23(10-13)18(24)16-3-5-21-26-16/h3,5,8-9,13H,4,6-7,10H2,1-2H3/t13-/m0/s1. The van der Waals surface area contributed by atoms with E-state index in [4.69, 9.17) is 9.05 Å². The fraction of sp³-hybridized carbons (Fsp3) is 0.389. The summed E-state index contributed by atoms with van der Waals surface area (Å²) in [6.45, 7) is 5.16. The highest BCUT2D eigenvalue weighted by molar-refractivity contribution is 5.91. The van der Waals surface area contributed by atoms with Crippen LogP contribution in [0.1, 0.15) is 34.1 Å². The number of rotatable bonds is 4. The van der Waals surface area contributed by atoms with Gasteiger partial charge in [-0.1, -0.05) is 10.3 Å². The monoisotopic (exact) mass is 353 g/mol. The summed E-state index contributed by atoms with van der Waals surface area (Å²) in [6, 6.07) is 1.59. The van der Waals surface area contributed by atoms with Crippen LogP contribution in [-0.4, -0.2) is 44.2 Å². The van der Waals surface area contributed by atoms with Gasteiger partial charge in [0.15, 0.2) is 0 Å². The van der Waals surface area contributed by atoms with Gasteiger partial charge in [-0.2, -0.15) is 0 Å². The van der Waals surface area contributed by atoms with Gasteiger partial charge in [0, 0.05) is 25.4 Å². The average Bonchev–Trinajstić information content (AvgIpc) is 3.38. The number of carbonyl (C=O) groups excluding carboxylic acids is 1. The van der Waals surface area contributed by atoms with Gasteiger partial charge in [-0.05, 0) is 32.6 Å². The molecule has 0 spiro atoms. The second kappa shape index (κ2) is 6.70. The maximum atomic E-state index is 12.3. The third-order valence-corrected chi connectivity index (χ3v) is 4.71. The molecule has 8 heteroatoms. The van der Waals surface area contributed by atoms with Crippen molar-refractivity contribution in [2.75, 3.05) is 13.1 Å². The molecule has 134 valence electrons. The van der Waals surface area contributed by atoms with Crippen molar-refractivity contribution >= 4 is 5.91 Å². The van der Waals surface area contributed by atoms with E-state index in [2.05, 4.69) is 20.3 Å². The largest absolute Gasteiger partial charge is 0.361 e. The molecule has 26 heavy (non-hydrogen) atoms. The van der Waals surface area contributed by atoms with E-state index in [0.717, 1.165) is 47.8 Å². The molecule has 0 aromatic carbocycles. The molecule has 3 aromatic heterocycles. The van der Waals surface area contributed by atoms with Crippen molar-refractivity contribution < 1.29 is 13.8 Å². The Hall–Kier alpha value is -3.03. The van der Waals surface area contributed by atoms with Gasteiger partial charge in [-0.25, -0.2) is 0 Å². The van der Waals surface area contributed by atoms with E-state index < -0.39 is 0 Å². The van der Waals surface area contributed by atoms with Crippen LogP contribution in [0.25, 0.3) is 11.3 Å². The van der Waals surface area contributed by atoms with Crippen molar-refractivity contribution in [3.8, 4) is 11.3 Å². The number of hydrogen-bond donors (Lipinski definition) is 0. The number of carbonyl (C=O) groups is 1. The van der Waals surface area contributed by atoms with E-state index in [1.165, 1.54) is 6.20 Å². The molecular formula is C18H19N5O3. The molecule has 1 atom stereocenters. The number of amides is 1. The van der Waals surface area contributed by atoms with Crippen LogP contribution in [-0.2, 0) is 6.42 Å². The molecule has 4 rings (SSSR count). The third-order valence-electron chi connectivity index (χ3n) is 4.71. The summed E-state index contributed by atoms with van der Waals surface area (Å²) in [4.78, 5) is 23.1. The summed E-state index contributed by atoms with van der Waals surface area (Å²) in [6.07, 6.45) is 6.76. The number of nitrogens with zero attached hydrogens (tertiary/aromatic N) is 5. The molecule has 1 fully saturated rings. The Bertz CT molecular complexity index is 882. The van der Waals surface area contributed by atoms with E-state index in [9.17, 15) is 4.79 Å². The first-order valence-corrected chi connectivity index (χ1v) is 8.56. The van der Waals surface area contributed by atoms with Crippen molar-refractivity contribution in [3.63, 3.8) is 0 Å². The molecule has 1 aliphatic rings. The van der Waals surface area contributed by atoms with Gasteiger partial charge >= 0.3 is 0 Å². The Balaban J connectivity index is 1.40. The van der Waals surface area contributed by atoms with Crippen molar-refractivity contribution in [1.82, 2.24) is 25.2 Å². The van der Waals surface area contributed by atoms with Crippen LogP contribution in [0, 0.1) is 19.8 Å². The molecule has 1 amide bonds.